The Labute approximate surface area is 135 Å². The summed E-state index contributed by atoms with van der Waals surface area (Å²) in [6, 6.07) is 5.42. The van der Waals surface area contributed by atoms with Gasteiger partial charge in [-0.3, -0.25) is 0 Å². The van der Waals surface area contributed by atoms with Gasteiger partial charge in [-0.25, -0.2) is 12.8 Å². The SMILES string of the molecule is CN1CCCOC2(C1)CN(S(=O)(=O)c1ccccc1F)CCO2. The minimum atomic E-state index is -3.92. The number of sulfonamides is 1. The fourth-order valence-corrected chi connectivity index (χ4v) is 4.56. The molecule has 0 radical (unpaired) electrons. The molecular formula is C15H21FN2O4S. The molecule has 8 heteroatoms. The maximum atomic E-state index is 13.9. The number of nitrogens with zero attached hydrogens (tertiary/aromatic N) is 2. The van der Waals surface area contributed by atoms with Crippen LogP contribution in [0, 0.1) is 5.82 Å². The predicted molar refractivity (Wildman–Crippen MR) is 81.9 cm³/mol. The highest BCUT2D eigenvalue weighted by Crippen LogP contribution is 2.28. The fraction of sp³-hybridized carbons (Fsp3) is 0.600. The number of benzene rings is 1. The van der Waals surface area contributed by atoms with Gasteiger partial charge in [-0.2, -0.15) is 4.31 Å². The van der Waals surface area contributed by atoms with Gasteiger partial charge in [0.05, 0.1) is 26.3 Å². The van der Waals surface area contributed by atoms with Crippen molar-refractivity contribution in [2.45, 2.75) is 17.1 Å². The van der Waals surface area contributed by atoms with Crippen LogP contribution in [0.15, 0.2) is 29.2 Å². The van der Waals surface area contributed by atoms with Gasteiger partial charge in [0.25, 0.3) is 0 Å². The van der Waals surface area contributed by atoms with Crippen LogP contribution in [0.3, 0.4) is 0 Å². The van der Waals surface area contributed by atoms with Gasteiger partial charge in [0.15, 0.2) is 5.79 Å². The molecule has 0 aliphatic carbocycles. The van der Waals surface area contributed by atoms with Gasteiger partial charge >= 0.3 is 0 Å². The van der Waals surface area contributed by atoms with Crippen LogP contribution < -0.4 is 0 Å². The first-order valence-electron chi connectivity index (χ1n) is 7.64. The van der Waals surface area contributed by atoms with Crippen molar-refractivity contribution in [3.8, 4) is 0 Å². The summed E-state index contributed by atoms with van der Waals surface area (Å²) in [5, 5.41) is 0. The minimum Gasteiger partial charge on any atom is -0.347 e. The zero-order chi connectivity index (χ0) is 16.5. The highest BCUT2D eigenvalue weighted by molar-refractivity contribution is 7.89. The van der Waals surface area contributed by atoms with Crippen LogP contribution in [0.1, 0.15) is 6.42 Å². The van der Waals surface area contributed by atoms with Crippen molar-refractivity contribution in [2.24, 2.45) is 0 Å². The number of likely N-dealkylation sites (N-methyl/N-ethyl adjacent to an activating group) is 1. The Bertz CT molecular complexity index is 669. The lowest BCUT2D eigenvalue weighted by molar-refractivity contribution is -0.256. The third-order valence-electron chi connectivity index (χ3n) is 4.14. The molecule has 2 aliphatic heterocycles. The van der Waals surface area contributed by atoms with Crippen LogP contribution in [-0.2, 0) is 19.5 Å². The smallest absolute Gasteiger partial charge is 0.246 e. The van der Waals surface area contributed by atoms with Crippen LogP contribution in [-0.4, -0.2) is 69.9 Å². The van der Waals surface area contributed by atoms with E-state index in [0.29, 0.717) is 13.2 Å². The standard InChI is InChI=1S/C15H21FN2O4S/c1-17-7-4-9-21-15(11-17)12-18(8-10-22-15)23(19,20)14-6-3-2-5-13(14)16/h2-3,5-6H,4,7-12H2,1H3. The Morgan fingerprint density at radius 3 is 2.65 bits per heavy atom. The summed E-state index contributed by atoms with van der Waals surface area (Å²) in [4.78, 5) is 1.76. The first kappa shape index (κ1) is 16.8. The molecular weight excluding hydrogens is 323 g/mol. The number of morpholine rings is 1. The highest BCUT2D eigenvalue weighted by atomic mass is 32.2. The number of rotatable bonds is 2. The Kier molecular flexibility index (Phi) is 4.70. The molecule has 2 fully saturated rings. The molecule has 1 unspecified atom stereocenters. The molecule has 2 heterocycles. The molecule has 1 aromatic carbocycles. The summed E-state index contributed by atoms with van der Waals surface area (Å²) in [5.74, 6) is -1.73. The zero-order valence-corrected chi connectivity index (χ0v) is 13.9. The maximum Gasteiger partial charge on any atom is 0.246 e. The summed E-state index contributed by atoms with van der Waals surface area (Å²) in [5.41, 5.74) is 0. The van der Waals surface area contributed by atoms with Crippen LogP contribution in [0.2, 0.25) is 0 Å². The van der Waals surface area contributed by atoms with Crippen molar-refractivity contribution in [1.82, 2.24) is 9.21 Å². The summed E-state index contributed by atoms with van der Waals surface area (Å²) in [6.07, 6.45) is 0.863. The van der Waals surface area contributed by atoms with Gasteiger partial charge in [-0.1, -0.05) is 12.1 Å². The van der Waals surface area contributed by atoms with E-state index >= 15 is 0 Å². The van der Waals surface area contributed by atoms with Gasteiger partial charge < -0.3 is 14.4 Å². The molecule has 0 bridgehead atoms. The quantitative estimate of drug-likeness (QED) is 0.798. The minimum absolute atomic E-state index is 0.0635. The highest BCUT2D eigenvalue weighted by Gasteiger charge is 2.44. The average Bonchev–Trinajstić information content (AvgIpc) is 2.69. The molecule has 0 N–H and O–H groups in total. The largest absolute Gasteiger partial charge is 0.347 e. The van der Waals surface area contributed by atoms with E-state index in [9.17, 15) is 12.8 Å². The molecule has 128 valence electrons. The molecule has 0 amide bonds. The van der Waals surface area contributed by atoms with Crippen molar-refractivity contribution in [1.29, 1.82) is 0 Å². The summed E-state index contributed by atoms with van der Waals surface area (Å²) < 4.78 is 52.3. The lowest BCUT2D eigenvalue weighted by atomic mass is 10.2. The Hall–Kier alpha value is -1.06. The van der Waals surface area contributed by atoms with Gasteiger partial charge in [0.2, 0.25) is 10.0 Å². The second kappa shape index (κ2) is 6.45. The summed E-state index contributed by atoms with van der Waals surface area (Å²) in [7, 11) is -1.97. The van der Waals surface area contributed by atoms with Gasteiger partial charge in [0, 0.05) is 13.1 Å². The molecule has 1 aromatic rings. The second-order valence-electron chi connectivity index (χ2n) is 5.97. The Morgan fingerprint density at radius 1 is 1.13 bits per heavy atom. The third kappa shape index (κ3) is 3.41. The maximum absolute atomic E-state index is 13.9. The van der Waals surface area contributed by atoms with Crippen molar-refractivity contribution < 1.29 is 22.3 Å². The van der Waals surface area contributed by atoms with Crippen molar-refractivity contribution in [3.05, 3.63) is 30.1 Å². The van der Waals surface area contributed by atoms with Crippen molar-refractivity contribution in [3.63, 3.8) is 0 Å². The van der Waals surface area contributed by atoms with Crippen LogP contribution in [0.5, 0.6) is 0 Å². The first-order chi connectivity index (χ1) is 10.9. The number of halogens is 1. The molecule has 2 aliphatic rings. The second-order valence-corrected chi connectivity index (χ2v) is 7.87. The molecule has 3 rings (SSSR count). The predicted octanol–water partition coefficient (Wildman–Crippen LogP) is 0.895. The Morgan fingerprint density at radius 2 is 1.87 bits per heavy atom. The lowest BCUT2D eigenvalue weighted by Crippen LogP contribution is -2.58. The number of ether oxygens (including phenoxy) is 2. The van der Waals surface area contributed by atoms with Gasteiger partial charge in [0.1, 0.15) is 10.7 Å². The van der Waals surface area contributed by atoms with E-state index in [0.717, 1.165) is 19.0 Å². The van der Waals surface area contributed by atoms with E-state index in [1.54, 1.807) is 0 Å². The summed E-state index contributed by atoms with van der Waals surface area (Å²) >= 11 is 0. The topological polar surface area (TPSA) is 59.1 Å². The van der Waals surface area contributed by atoms with E-state index in [1.165, 1.54) is 22.5 Å². The fourth-order valence-electron chi connectivity index (χ4n) is 3.04. The molecule has 0 aromatic heterocycles. The normalized spacial score (nSPS) is 27.9. The third-order valence-corrected chi connectivity index (χ3v) is 6.02. The molecule has 23 heavy (non-hydrogen) atoms. The van der Waals surface area contributed by atoms with E-state index in [2.05, 4.69) is 4.90 Å². The molecule has 2 saturated heterocycles. The van der Waals surface area contributed by atoms with E-state index in [4.69, 9.17) is 9.47 Å². The lowest BCUT2D eigenvalue weighted by Gasteiger charge is -2.42. The van der Waals surface area contributed by atoms with Crippen LogP contribution in [0.25, 0.3) is 0 Å². The van der Waals surface area contributed by atoms with E-state index < -0.39 is 21.6 Å². The molecule has 0 saturated carbocycles. The first-order valence-corrected chi connectivity index (χ1v) is 9.08. The van der Waals surface area contributed by atoms with Crippen molar-refractivity contribution in [2.75, 3.05) is 46.4 Å². The molecule has 1 spiro atoms. The van der Waals surface area contributed by atoms with Gasteiger partial charge in [-0.05, 0) is 25.6 Å². The number of hydrogen-bond acceptors (Lipinski definition) is 5. The average molecular weight is 344 g/mol. The Balaban J connectivity index is 1.87. The van der Waals surface area contributed by atoms with Crippen LogP contribution >= 0.6 is 0 Å². The monoisotopic (exact) mass is 344 g/mol. The molecule has 6 nitrogen and oxygen atoms in total. The zero-order valence-electron chi connectivity index (χ0n) is 13.1. The van der Waals surface area contributed by atoms with E-state index in [1.807, 2.05) is 7.05 Å². The van der Waals surface area contributed by atoms with E-state index in [-0.39, 0.29) is 24.6 Å². The van der Waals surface area contributed by atoms with Gasteiger partial charge in [-0.15, -0.1) is 0 Å². The molecule has 1 atom stereocenters. The van der Waals surface area contributed by atoms with Crippen molar-refractivity contribution >= 4 is 10.0 Å². The summed E-state index contributed by atoms with van der Waals surface area (Å²) in [6.45, 7) is 2.33. The number of hydrogen-bond donors (Lipinski definition) is 0. The van der Waals surface area contributed by atoms with Crippen LogP contribution in [0.4, 0.5) is 4.39 Å².